The summed E-state index contributed by atoms with van der Waals surface area (Å²) in [6.45, 7) is 9.35. The lowest BCUT2D eigenvalue weighted by Crippen LogP contribution is -2.26. The Morgan fingerprint density at radius 3 is 3.04 bits per heavy atom. The molecule has 1 aliphatic heterocycles. The topological polar surface area (TPSA) is 62.6 Å². The lowest BCUT2D eigenvalue weighted by Gasteiger charge is -2.22. The maximum atomic E-state index is 4.85. The second-order valence-corrected chi connectivity index (χ2v) is 7.52. The second kappa shape index (κ2) is 6.59. The van der Waals surface area contributed by atoms with Crippen LogP contribution in [0, 0.1) is 12.8 Å². The Kier molecular flexibility index (Phi) is 4.29. The molecule has 3 aromatic rings. The molecule has 1 saturated heterocycles. The van der Waals surface area contributed by atoms with Gasteiger partial charge in [0.25, 0.3) is 0 Å². The smallest absolute Gasteiger partial charge is 0.141 e. The highest BCUT2D eigenvalue weighted by Crippen LogP contribution is 2.32. The van der Waals surface area contributed by atoms with E-state index in [2.05, 4.69) is 58.9 Å². The molecule has 0 saturated carbocycles. The lowest BCUT2D eigenvalue weighted by molar-refractivity contribution is 0.229. The van der Waals surface area contributed by atoms with Crippen LogP contribution in [0.2, 0.25) is 0 Å². The average molecular weight is 338 g/mol. The molecule has 25 heavy (non-hydrogen) atoms. The van der Waals surface area contributed by atoms with Crippen LogP contribution in [0.25, 0.3) is 11.0 Å². The number of hydrogen-bond donors (Lipinski definition) is 1. The van der Waals surface area contributed by atoms with Gasteiger partial charge in [-0.25, -0.2) is 14.6 Å². The summed E-state index contributed by atoms with van der Waals surface area (Å²) < 4.78 is 2.04. The number of aromatic nitrogens is 5. The van der Waals surface area contributed by atoms with Gasteiger partial charge in [0.1, 0.15) is 18.0 Å². The van der Waals surface area contributed by atoms with Crippen molar-refractivity contribution in [1.82, 2.24) is 29.6 Å². The van der Waals surface area contributed by atoms with Crippen LogP contribution in [0.15, 0.2) is 24.5 Å². The monoisotopic (exact) mass is 338 g/mol. The van der Waals surface area contributed by atoms with Crippen molar-refractivity contribution in [3.8, 4) is 0 Å². The highest BCUT2D eigenvalue weighted by atomic mass is 15.4. The van der Waals surface area contributed by atoms with E-state index in [-0.39, 0.29) is 0 Å². The Labute approximate surface area is 148 Å². The molecule has 0 amide bonds. The zero-order chi connectivity index (χ0) is 17.4. The molecular formula is C19H26N6. The fourth-order valence-electron chi connectivity index (χ4n) is 3.72. The van der Waals surface area contributed by atoms with Crippen LogP contribution in [-0.2, 0) is 13.1 Å². The summed E-state index contributed by atoms with van der Waals surface area (Å²) >= 11 is 0. The first-order valence-corrected chi connectivity index (χ1v) is 9.17. The van der Waals surface area contributed by atoms with Gasteiger partial charge in [-0.05, 0) is 49.9 Å². The third-order valence-electron chi connectivity index (χ3n) is 4.91. The molecule has 132 valence electrons. The summed E-state index contributed by atoms with van der Waals surface area (Å²) in [7, 11) is 0. The van der Waals surface area contributed by atoms with Crippen molar-refractivity contribution in [2.45, 2.75) is 52.7 Å². The van der Waals surface area contributed by atoms with E-state index < -0.39 is 0 Å². The molecule has 0 bridgehead atoms. The molecule has 1 N–H and O–H groups in total. The van der Waals surface area contributed by atoms with E-state index in [9.17, 15) is 0 Å². The fraction of sp³-hybridized carbons (Fsp3) is 0.526. The van der Waals surface area contributed by atoms with E-state index >= 15 is 0 Å². The van der Waals surface area contributed by atoms with E-state index in [4.69, 9.17) is 4.98 Å². The number of benzene rings is 1. The van der Waals surface area contributed by atoms with Crippen LogP contribution in [-0.4, -0.2) is 36.2 Å². The predicted molar refractivity (Wildman–Crippen MR) is 98.1 cm³/mol. The minimum Gasteiger partial charge on any atom is -0.341 e. The number of rotatable bonds is 5. The van der Waals surface area contributed by atoms with Crippen LogP contribution in [0.3, 0.4) is 0 Å². The minimum absolute atomic E-state index is 0.330. The van der Waals surface area contributed by atoms with E-state index in [0.29, 0.717) is 12.0 Å². The van der Waals surface area contributed by atoms with E-state index in [1.54, 1.807) is 6.33 Å². The van der Waals surface area contributed by atoms with Crippen molar-refractivity contribution in [3.05, 3.63) is 41.7 Å². The highest BCUT2D eigenvalue weighted by Gasteiger charge is 2.29. The molecule has 2 aromatic heterocycles. The van der Waals surface area contributed by atoms with E-state index in [1.807, 2.05) is 4.68 Å². The molecular weight excluding hydrogens is 312 g/mol. The summed E-state index contributed by atoms with van der Waals surface area (Å²) in [4.78, 5) is 15.4. The normalized spacial score (nSPS) is 18.6. The molecule has 3 heterocycles. The highest BCUT2D eigenvalue weighted by molar-refractivity contribution is 5.75. The third-order valence-corrected chi connectivity index (χ3v) is 4.91. The van der Waals surface area contributed by atoms with E-state index in [1.165, 1.54) is 12.0 Å². The number of aromatic amines is 1. The Hall–Kier alpha value is -2.21. The zero-order valence-corrected chi connectivity index (χ0v) is 15.2. The quantitative estimate of drug-likeness (QED) is 0.774. The summed E-state index contributed by atoms with van der Waals surface area (Å²) in [6, 6.07) is 6.72. The van der Waals surface area contributed by atoms with Gasteiger partial charge in [0.2, 0.25) is 0 Å². The molecule has 4 rings (SSSR count). The van der Waals surface area contributed by atoms with Gasteiger partial charge in [0.15, 0.2) is 0 Å². The largest absolute Gasteiger partial charge is 0.341 e. The van der Waals surface area contributed by atoms with Crippen LogP contribution >= 0.6 is 0 Å². The van der Waals surface area contributed by atoms with Crippen molar-refractivity contribution < 1.29 is 0 Å². The van der Waals surface area contributed by atoms with Crippen LogP contribution in [0.4, 0.5) is 0 Å². The lowest BCUT2D eigenvalue weighted by atomic mass is 10.2. The van der Waals surface area contributed by atoms with Crippen molar-refractivity contribution in [1.29, 1.82) is 0 Å². The number of imidazole rings is 1. The van der Waals surface area contributed by atoms with Gasteiger partial charge >= 0.3 is 0 Å². The molecule has 1 aliphatic rings. The molecule has 1 fully saturated rings. The molecule has 1 aromatic carbocycles. The van der Waals surface area contributed by atoms with E-state index in [0.717, 1.165) is 48.7 Å². The number of fused-ring (bicyclic) bond motifs is 1. The van der Waals surface area contributed by atoms with Gasteiger partial charge in [0, 0.05) is 6.54 Å². The second-order valence-electron chi connectivity index (χ2n) is 7.52. The van der Waals surface area contributed by atoms with Gasteiger partial charge in [-0.15, -0.1) is 0 Å². The SMILES string of the molecule is Cc1ccc2nc(C3CCCN3Cc3ncnn3CC(C)C)[nH]c2c1. The zero-order valence-electron chi connectivity index (χ0n) is 15.2. The van der Waals surface area contributed by atoms with Gasteiger partial charge in [-0.2, -0.15) is 5.10 Å². The Morgan fingerprint density at radius 2 is 2.20 bits per heavy atom. The Balaban J connectivity index is 1.56. The Bertz CT molecular complexity index is 862. The third kappa shape index (κ3) is 3.31. The molecule has 1 atom stereocenters. The first-order valence-electron chi connectivity index (χ1n) is 9.17. The molecule has 6 nitrogen and oxygen atoms in total. The van der Waals surface area contributed by atoms with Gasteiger partial charge in [-0.1, -0.05) is 19.9 Å². The summed E-state index contributed by atoms with van der Waals surface area (Å²) in [5.74, 6) is 2.69. The Morgan fingerprint density at radius 1 is 1.32 bits per heavy atom. The number of aryl methyl sites for hydroxylation is 1. The number of likely N-dealkylation sites (tertiary alicyclic amines) is 1. The maximum Gasteiger partial charge on any atom is 0.141 e. The first-order chi connectivity index (χ1) is 12.1. The first kappa shape index (κ1) is 16.3. The van der Waals surface area contributed by atoms with Crippen LogP contribution in [0.5, 0.6) is 0 Å². The minimum atomic E-state index is 0.330. The predicted octanol–water partition coefficient (Wildman–Crippen LogP) is 3.46. The standard InChI is InChI=1S/C19H26N6/c1-13(2)10-25-18(20-12-21-25)11-24-8-4-5-17(24)19-22-15-7-6-14(3)9-16(15)23-19/h6-7,9,12-13,17H,4-5,8,10-11H2,1-3H3,(H,22,23). The van der Waals surface area contributed by atoms with Crippen LogP contribution < -0.4 is 0 Å². The van der Waals surface area contributed by atoms with Gasteiger partial charge in [-0.3, -0.25) is 4.90 Å². The van der Waals surface area contributed by atoms with Crippen LogP contribution in [0.1, 0.15) is 49.9 Å². The molecule has 6 heteroatoms. The van der Waals surface area contributed by atoms with Crippen molar-refractivity contribution in [2.75, 3.05) is 6.54 Å². The van der Waals surface area contributed by atoms with Crippen molar-refractivity contribution in [3.63, 3.8) is 0 Å². The van der Waals surface area contributed by atoms with Gasteiger partial charge in [0.05, 0.1) is 23.6 Å². The summed E-state index contributed by atoms with van der Waals surface area (Å²) in [6.07, 6.45) is 4.00. The number of hydrogen-bond acceptors (Lipinski definition) is 4. The molecule has 0 radical (unpaired) electrons. The van der Waals surface area contributed by atoms with Crippen molar-refractivity contribution in [2.24, 2.45) is 5.92 Å². The fourth-order valence-corrected chi connectivity index (χ4v) is 3.72. The summed E-state index contributed by atoms with van der Waals surface area (Å²) in [5, 5.41) is 4.40. The average Bonchev–Trinajstić information content (AvgIpc) is 3.26. The molecule has 0 aliphatic carbocycles. The molecule has 1 unspecified atom stereocenters. The molecule has 0 spiro atoms. The number of nitrogens with one attached hydrogen (secondary N) is 1. The number of nitrogens with zero attached hydrogens (tertiary/aromatic N) is 5. The van der Waals surface area contributed by atoms with Gasteiger partial charge < -0.3 is 4.98 Å². The van der Waals surface area contributed by atoms with Crippen molar-refractivity contribution >= 4 is 11.0 Å². The maximum absolute atomic E-state index is 4.85. The summed E-state index contributed by atoms with van der Waals surface area (Å²) in [5.41, 5.74) is 3.44. The number of H-pyrrole nitrogens is 1.